The largest absolute Gasteiger partial charge is 0.480 e. The minimum absolute atomic E-state index is 0.0425. The number of nitrogens with one attached hydrogen (secondary N) is 1. The van der Waals surface area contributed by atoms with E-state index in [1.165, 1.54) is 10.4 Å². The summed E-state index contributed by atoms with van der Waals surface area (Å²) in [5, 5.41) is 13.8. The predicted octanol–water partition coefficient (Wildman–Crippen LogP) is 1.54. The molecule has 1 aromatic rings. The highest BCUT2D eigenvalue weighted by molar-refractivity contribution is 7.10. The molecule has 0 saturated heterocycles. The number of amides is 2. The van der Waals surface area contributed by atoms with Gasteiger partial charge in [-0.05, 0) is 42.7 Å². The molecule has 0 unspecified atom stereocenters. The first-order chi connectivity index (χ1) is 11.0. The molecule has 2 N–H and O–H groups in total. The van der Waals surface area contributed by atoms with Gasteiger partial charge in [-0.25, -0.2) is 4.79 Å². The van der Waals surface area contributed by atoms with Gasteiger partial charge in [0, 0.05) is 30.8 Å². The van der Waals surface area contributed by atoms with Crippen LogP contribution in [0.2, 0.25) is 0 Å². The van der Waals surface area contributed by atoms with Crippen molar-refractivity contribution in [3.8, 4) is 0 Å². The summed E-state index contributed by atoms with van der Waals surface area (Å²) < 4.78 is 0. The maximum Gasteiger partial charge on any atom is 0.329 e. The Kier molecular flexibility index (Phi) is 4.39. The first-order valence-corrected chi connectivity index (χ1v) is 8.75. The Morgan fingerprint density at radius 3 is 2.74 bits per heavy atom. The zero-order valence-corrected chi connectivity index (χ0v) is 13.7. The van der Waals surface area contributed by atoms with E-state index in [9.17, 15) is 19.5 Å². The topological polar surface area (TPSA) is 86.7 Å². The van der Waals surface area contributed by atoms with Crippen LogP contribution in [-0.2, 0) is 27.3 Å². The molecule has 1 aliphatic carbocycles. The van der Waals surface area contributed by atoms with Crippen LogP contribution < -0.4 is 5.32 Å². The highest BCUT2D eigenvalue weighted by atomic mass is 32.1. The number of fused-ring (bicyclic) bond motifs is 1. The summed E-state index contributed by atoms with van der Waals surface area (Å²) >= 11 is 1.72. The van der Waals surface area contributed by atoms with Gasteiger partial charge in [-0.1, -0.05) is 0 Å². The summed E-state index contributed by atoms with van der Waals surface area (Å²) in [7, 11) is 0. The van der Waals surface area contributed by atoms with E-state index in [2.05, 4.69) is 5.32 Å². The van der Waals surface area contributed by atoms with E-state index in [1.807, 2.05) is 11.4 Å². The van der Waals surface area contributed by atoms with E-state index < -0.39 is 11.5 Å². The fourth-order valence-electron chi connectivity index (χ4n) is 3.09. The number of rotatable bonds is 5. The van der Waals surface area contributed by atoms with E-state index in [1.54, 1.807) is 16.2 Å². The maximum absolute atomic E-state index is 12.3. The van der Waals surface area contributed by atoms with Crippen LogP contribution in [0.3, 0.4) is 0 Å². The molecule has 2 heterocycles. The van der Waals surface area contributed by atoms with Crippen molar-refractivity contribution in [3.05, 3.63) is 21.9 Å². The number of nitrogens with zero attached hydrogens (tertiary/aromatic N) is 1. The summed E-state index contributed by atoms with van der Waals surface area (Å²) in [6, 6.07) is 2.04. The summed E-state index contributed by atoms with van der Waals surface area (Å²) in [6.45, 7) is 1.30. The SMILES string of the molecule is O=C(CCC(=O)N1CCc2sccc2C1)NC1(C(=O)O)CCC1. The summed E-state index contributed by atoms with van der Waals surface area (Å²) in [4.78, 5) is 38.5. The minimum atomic E-state index is -1.10. The second kappa shape index (κ2) is 6.31. The Bertz CT molecular complexity index is 636. The van der Waals surface area contributed by atoms with Crippen molar-refractivity contribution in [2.45, 2.75) is 50.6 Å². The van der Waals surface area contributed by atoms with Gasteiger partial charge < -0.3 is 15.3 Å². The Morgan fingerprint density at radius 2 is 2.09 bits per heavy atom. The molecule has 1 aliphatic heterocycles. The number of hydrogen-bond donors (Lipinski definition) is 2. The van der Waals surface area contributed by atoms with Crippen molar-refractivity contribution in [2.24, 2.45) is 0 Å². The summed E-state index contributed by atoms with van der Waals surface area (Å²) in [6.07, 6.45) is 2.78. The minimum Gasteiger partial charge on any atom is -0.480 e. The van der Waals surface area contributed by atoms with Crippen LogP contribution in [0.5, 0.6) is 0 Å². The molecular weight excluding hydrogens is 316 g/mol. The Labute approximate surface area is 138 Å². The quantitative estimate of drug-likeness (QED) is 0.854. The zero-order chi connectivity index (χ0) is 16.4. The van der Waals surface area contributed by atoms with Gasteiger partial charge in [0.15, 0.2) is 0 Å². The Balaban J connectivity index is 1.48. The fraction of sp³-hybridized carbons (Fsp3) is 0.562. The van der Waals surface area contributed by atoms with E-state index in [-0.39, 0.29) is 24.7 Å². The molecular formula is C16H20N2O4S. The molecule has 0 radical (unpaired) electrons. The third kappa shape index (κ3) is 3.24. The molecule has 6 nitrogen and oxygen atoms in total. The summed E-state index contributed by atoms with van der Waals surface area (Å²) in [5.41, 5.74) is 0.0926. The van der Waals surface area contributed by atoms with Gasteiger partial charge in [-0.3, -0.25) is 9.59 Å². The molecule has 1 saturated carbocycles. The van der Waals surface area contributed by atoms with E-state index >= 15 is 0 Å². The van der Waals surface area contributed by atoms with Gasteiger partial charge in [0.2, 0.25) is 11.8 Å². The molecule has 2 aliphatic rings. The molecule has 2 amide bonds. The number of carbonyl (C=O) groups excluding carboxylic acids is 2. The average Bonchev–Trinajstić information content (AvgIpc) is 2.95. The van der Waals surface area contributed by atoms with Crippen molar-refractivity contribution in [1.82, 2.24) is 10.2 Å². The van der Waals surface area contributed by atoms with Crippen molar-refractivity contribution < 1.29 is 19.5 Å². The lowest BCUT2D eigenvalue weighted by molar-refractivity contribution is -0.151. The summed E-state index contributed by atoms with van der Waals surface area (Å²) in [5.74, 6) is -1.38. The third-order valence-corrected chi connectivity index (χ3v) is 5.74. The first-order valence-electron chi connectivity index (χ1n) is 7.88. The lowest BCUT2D eigenvalue weighted by atomic mass is 9.76. The lowest BCUT2D eigenvalue weighted by Crippen LogP contribution is -2.59. The number of carboxylic acid groups (broad SMARTS) is 1. The van der Waals surface area contributed by atoms with Crippen LogP contribution in [0.4, 0.5) is 0 Å². The van der Waals surface area contributed by atoms with Gasteiger partial charge in [-0.15, -0.1) is 11.3 Å². The number of thiophene rings is 1. The van der Waals surface area contributed by atoms with Crippen LogP contribution >= 0.6 is 11.3 Å². The Hall–Kier alpha value is -1.89. The van der Waals surface area contributed by atoms with Crippen molar-refractivity contribution in [1.29, 1.82) is 0 Å². The third-order valence-electron chi connectivity index (χ3n) is 4.72. The molecule has 3 rings (SSSR count). The molecule has 0 bridgehead atoms. The monoisotopic (exact) mass is 336 g/mol. The van der Waals surface area contributed by atoms with Gasteiger partial charge in [0.05, 0.1) is 0 Å². The molecule has 0 atom stereocenters. The lowest BCUT2D eigenvalue weighted by Gasteiger charge is -2.38. The highest BCUT2D eigenvalue weighted by Gasteiger charge is 2.45. The predicted molar refractivity (Wildman–Crippen MR) is 85.0 cm³/mol. The van der Waals surface area contributed by atoms with Gasteiger partial charge in [-0.2, -0.15) is 0 Å². The first kappa shape index (κ1) is 16.0. The number of hydrogen-bond acceptors (Lipinski definition) is 4. The van der Waals surface area contributed by atoms with Gasteiger partial charge >= 0.3 is 5.97 Å². The second-order valence-electron chi connectivity index (χ2n) is 6.22. The molecule has 1 aromatic heterocycles. The van der Waals surface area contributed by atoms with Gasteiger partial charge in [0.25, 0.3) is 0 Å². The average molecular weight is 336 g/mol. The maximum atomic E-state index is 12.3. The standard InChI is InChI=1S/C16H20N2O4S/c19-13(17-16(15(21)22)6-1-7-16)2-3-14(20)18-8-4-12-11(10-18)5-9-23-12/h5,9H,1-4,6-8,10H2,(H,17,19)(H,21,22). The van der Waals surface area contributed by atoms with Crippen LogP contribution in [0, 0.1) is 0 Å². The smallest absolute Gasteiger partial charge is 0.329 e. The van der Waals surface area contributed by atoms with Crippen molar-refractivity contribution >= 4 is 29.1 Å². The molecule has 7 heteroatoms. The van der Waals surface area contributed by atoms with Crippen LogP contribution in [-0.4, -0.2) is 39.9 Å². The molecule has 124 valence electrons. The Morgan fingerprint density at radius 1 is 1.30 bits per heavy atom. The molecule has 0 aromatic carbocycles. The molecule has 1 fully saturated rings. The highest BCUT2D eigenvalue weighted by Crippen LogP contribution is 2.32. The number of aliphatic carboxylic acids is 1. The fourth-order valence-corrected chi connectivity index (χ4v) is 3.98. The second-order valence-corrected chi connectivity index (χ2v) is 7.22. The van der Waals surface area contributed by atoms with Crippen LogP contribution in [0.1, 0.15) is 42.5 Å². The molecule has 23 heavy (non-hydrogen) atoms. The number of carboxylic acids is 1. The number of carbonyl (C=O) groups is 3. The molecule has 0 spiro atoms. The normalized spacial score (nSPS) is 18.7. The zero-order valence-electron chi connectivity index (χ0n) is 12.8. The van der Waals surface area contributed by atoms with Crippen molar-refractivity contribution in [3.63, 3.8) is 0 Å². The van der Waals surface area contributed by atoms with Crippen molar-refractivity contribution in [2.75, 3.05) is 6.54 Å². The van der Waals surface area contributed by atoms with E-state index in [0.717, 1.165) is 12.8 Å². The van der Waals surface area contributed by atoms with E-state index in [0.29, 0.717) is 25.9 Å². The van der Waals surface area contributed by atoms with Gasteiger partial charge in [0.1, 0.15) is 5.54 Å². The van der Waals surface area contributed by atoms with E-state index in [4.69, 9.17) is 0 Å². The van der Waals surface area contributed by atoms with Crippen LogP contribution in [0.25, 0.3) is 0 Å². The van der Waals surface area contributed by atoms with Crippen LogP contribution in [0.15, 0.2) is 11.4 Å².